The molecule has 0 radical (unpaired) electrons. The van der Waals surface area contributed by atoms with Gasteiger partial charge in [-0.3, -0.25) is 4.79 Å². The van der Waals surface area contributed by atoms with Crippen molar-refractivity contribution >= 4 is 5.78 Å². The maximum atomic E-state index is 11.5. The largest absolute Gasteiger partial charge is 0.507 e. The molecule has 0 spiro atoms. The molecule has 2 rings (SSSR count). The Kier molecular flexibility index (Phi) is 1.50. The summed E-state index contributed by atoms with van der Waals surface area (Å²) in [6.07, 6.45) is 0.500. The first-order chi connectivity index (χ1) is 6.02. The van der Waals surface area contributed by atoms with Crippen molar-refractivity contribution in [3.8, 4) is 5.75 Å². The molecule has 0 heterocycles. The smallest absolute Gasteiger partial charge is 0.167 e. The normalized spacial score (nSPS) is 18.8. The molecule has 1 aliphatic rings. The SMILES string of the molecule is CC1(C)CC(=O)c2c(O)cccc21. The number of carbonyl (C=O) groups excluding carboxylic acids is 1. The van der Waals surface area contributed by atoms with Crippen molar-refractivity contribution in [1.82, 2.24) is 0 Å². The third kappa shape index (κ3) is 1.05. The number of hydrogen-bond donors (Lipinski definition) is 1. The van der Waals surface area contributed by atoms with E-state index in [1.165, 1.54) is 0 Å². The standard InChI is InChI=1S/C11H12O2/c1-11(2)6-9(13)10-7(11)4-3-5-8(10)12/h3-5,12H,6H2,1-2H3. The molecule has 0 atom stereocenters. The van der Waals surface area contributed by atoms with Crippen LogP contribution in [0, 0.1) is 0 Å². The molecular weight excluding hydrogens is 164 g/mol. The van der Waals surface area contributed by atoms with Crippen LogP contribution in [-0.2, 0) is 5.41 Å². The predicted molar refractivity (Wildman–Crippen MR) is 50.1 cm³/mol. The number of phenols is 1. The Bertz CT molecular complexity index is 378. The van der Waals surface area contributed by atoms with E-state index in [-0.39, 0.29) is 16.9 Å². The van der Waals surface area contributed by atoms with Gasteiger partial charge in [0.2, 0.25) is 0 Å². The molecule has 2 nitrogen and oxygen atoms in total. The first-order valence-corrected chi connectivity index (χ1v) is 4.38. The molecule has 13 heavy (non-hydrogen) atoms. The first-order valence-electron chi connectivity index (χ1n) is 4.38. The van der Waals surface area contributed by atoms with Crippen LogP contribution in [0.4, 0.5) is 0 Å². The van der Waals surface area contributed by atoms with Crippen LogP contribution in [-0.4, -0.2) is 10.9 Å². The van der Waals surface area contributed by atoms with Crippen LogP contribution in [0.3, 0.4) is 0 Å². The molecule has 1 N–H and O–H groups in total. The van der Waals surface area contributed by atoms with Crippen molar-refractivity contribution in [2.45, 2.75) is 25.7 Å². The molecule has 0 aliphatic heterocycles. The van der Waals surface area contributed by atoms with Gasteiger partial charge in [-0.25, -0.2) is 0 Å². The van der Waals surface area contributed by atoms with Crippen molar-refractivity contribution in [1.29, 1.82) is 0 Å². The number of rotatable bonds is 0. The van der Waals surface area contributed by atoms with Crippen molar-refractivity contribution in [2.75, 3.05) is 0 Å². The Morgan fingerprint density at radius 2 is 2.08 bits per heavy atom. The minimum absolute atomic E-state index is 0.0538. The molecule has 0 fully saturated rings. The fourth-order valence-electron chi connectivity index (χ4n) is 1.98. The van der Waals surface area contributed by atoms with Gasteiger partial charge in [-0.2, -0.15) is 0 Å². The van der Waals surface area contributed by atoms with E-state index in [2.05, 4.69) is 0 Å². The van der Waals surface area contributed by atoms with Crippen LogP contribution in [0.5, 0.6) is 5.75 Å². The Hall–Kier alpha value is -1.31. The average molecular weight is 176 g/mol. The zero-order chi connectivity index (χ0) is 9.64. The summed E-state index contributed by atoms with van der Waals surface area (Å²) < 4.78 is 0. The van der Waals surface area contributed by atoms with Crippen LogP contribution >= 0.6 is 0 Å². The molecule has 1 aromatic carbocycles. The Labute approximate surface area is 77.2 Å². The number of hydrogen-bond acceptors (Lipinski definition) is 2. The quantitative estimate of drug-likeness (QED) is 0.658. The van der Waals surface area contributed by atoms with Gasteiger partial charge in [-0.1, -0.05) is 26.0 Å². The van der Waals surface area contributed by atoms with E-state index in [1.54, 1.807) is 12.1 Å². The van der Waals surface area contributed by atoms with Gasteiger partial charge in [0.05, 0.1) is 5.56 Å². The summed E-state index contributed by atoms with van der Waals surface area (Å²) in [5, 5.41) is 9.51. The van der Waals surface area contributed by atoms with E-state index >= 15 is 0 Å². The number of carbonyl (C=O) groups is 1. The number of fused-ring (bicyclic) bond motifs is 1. The minimum atomic E-state index is -0.120. The van der Waals surface area contributed by atoms with Gasteiger partial charge in [0, 0.05) is 6.42 Å². The van der Waals surface area contributed by atoms with Gasteiger partial charge in [0.15, 0.2) is 5.78 Å². The topological polar surface area (TPSA) is 37.3 Å². The number of benzene rings is 1. The summed E-state index contributed by atoms with van der Waals surface area (Å²) in [6, 6.07) is 5.27. The van der Waals surface area contributed by atoms with Crippen LogP contribution < -0.4 is 0 Å². The molecule has 0 saturated carbocycles. The van der Waals surface area contributed by atoms with E-state index in [1.807, 2.05) is 19.9 Å². The number of ketones is 1. The molecule has 1 aromatic rings. The van der Waals surface area contributed by atoms with E-state index in [9.17, 15) is 9.90 Å². The second-order valence-electron chi connectivity index (χ2n) is 4.18. The monoisotopic (exact) mass is 176 g/mol. The van der Waals surface area contributed by atoms with Gasteiger partial charge < -0.3 is 5.11 Å². The molecule has 0 amide bonds. The summed E-state index contributed by atoms with van der Waals surface area (Å²) >= 11 is 0. The lowest BCUT2D eigenvalue weighted by Gasteiger charge is -2.17. The van der Waals surface area contributed by atoms with Gasteiger partial charge in [0.1, 0.15) is 5.75 Å². The van der Waals surface area contributed by atoms with Gasteiger partial charge in [-0.05, 0) is 17.0 Å². The minimum Gasteiger partial charge on any atom is -0.507 e. The third-order valence-corrected chi connectivity index (χ3v) is 2.65. The fourth-order valence-corrected chi connectivity index (χ4v) is 1.98. The van der Waals surface area contributed by atoms with Gasteiger partial charge in [-0.15, -0.1) is 0 Å². The Morgan fingerprint density at radius 3 is 2.69 bits per heavy atom. The summed E-state index contributed by atoms with van der Waals surface area (Å²) in [7, 11) is 0. The van der Waals surface area contributed by atoms with Crippen LogP contribution in [0.15, 0.2) is 18.2 Å². The number of aromatic hydroxyl groups is 1. The second-order valence-corrected chi connectivity index (χ2v) is 4.18. The highest BCUT2D eigenvalue weighted by Gasteiger charge is 2.37. The molecule has 0 unspecified atom stereocenters. The molecular formula is C11H12O2. The van der Waals surface area contributed by atoms with Gasteiger partial charge >= 0.3 is 0 Å². The van der Waals surface area contributed by atoms with Crippen molar-refractivity contribution in [3.63, 3.8) is 0 Å². The van der Waals surface area contributed by atoms with E-state index in [0.29, 0.717) is 12.0 Å². The average Bonchev–Trinajstić information content (AvgIpc) is 2.24. The second kappa shape index (κ2) is 2.34. The lowest BCUT2D eigenvalue weighted by atomic mass is 9.86. The van der Waals surface area contributed by atoms with E-state index in [0.717, 1.165) is 5.56 Å². The maximum absolute atomic E-state index is 11.5. The number of Topliss-reactive ketones (excluding diaryl/α,β-unsaturated/α-hetero) is 1. The highest BCUT2D eigenvalue weighted by Crippen LogP contribution is 2.41. The molecule has 1 aliphatic carbocycles. The highest BCUT2D eigenvalue weighted by molar-refractivity contribution is 6.04. The third-order valence-electron chi connectivity index (χ3n) is 2.65. The molecule has 0 bridgehead atoms. The Morgan fingerprint density at radius 1 is 1.38 bits per heavy atom. The Balaban J connectivity index is 2.72. The molecule has 68 valence electrons. The van der Waals surface area contributed by atoms with Crippen molar-refractivity contribution in [3.05, 3.63) is 29.3 Å². The molecule has 0 aromatic heterocycles. The van der Waals surface area contributed by atoms with E-state index in [4.69, 9.17) is 0 Å². The number of phenolic OH excluding ortho intramolecular Hbond substituents is 1. The van der Waals surface area contributed by atoms with Crippen molar-refractivity contribution in [2.24, 2.45) is 0 Å². The highest BCUT2D eigenvalue weighted by atomic mass is 16.3. The molecule has 0 saturated heterocycles. The summed E-state index contributed by atoms with van der Waals surface area (Å²) in [6.45, 7) is 4.05. The van der Waals surface area contributed by atoms with Crippen LogP contribution in [0.1, 0.15) is 36.2 Å². The summed E-state index contributed by atoms with van der Waals surface area (Å²) in [5.74, 6) is 0.172. The first kappa shape index (κ1) is 8.30. The predicted octanol–water partition coefficient (Wildman–Crippen LogP) is 2.26. The van der Waals surface area contributed by atoms with Crippen molar-refractivity contribution < 1.29 is 9.90 Å². The summed E-state index contributed by atoms with van der Waals surface area (Å²) in [5.41, 5.74) is 1.37. The van der Waals surface area contributed by atoms with Gasteiger partial charge in [0.25, 0.3) is 0 Å². The maximum Gasteiger partial charge on any atom is 0.167 e. The zero-order valence-corrected chi connectivity index (χ0v) is 7.79. The lowest BCUT2D eigenvalue weighted by molar-refractivity contribution is 0.0977. The van der Waals surface area contributed by atoms with Crippen LogP contribution in [0.25, 0.3) is 0 Å². The fraction of sp³-hybridized carbons (Fsp3) is 0.364. The van der Waals surface area contributed by atoms with E-state index < -0.39 is 0 Å². The van der Waals surface area contributed by atoms with Crippen LogP contribution in [0.2, 0.25) is 0 Å². The lowest BCUT2D eigenvalue weighted by Crippen LogP contribution is -2.12. The zero-order valence-electron chi connectivity index (χ0n) is 7.79. The summed E-state index contributed by atoms with van der Waals surface area (Å²) in [4.78, 5) is 11.5. The molecule has 2 heteroatoms.